The van der Waals surface area contributed by atoms with Gasteiger partial charge in [0.25, 0.3) is 0 Å². The molecule has 0 spiro atoms. The average molecular weight is 258 g/mol. The summed E-state index contributed by atoms with van der Waals surface area (Å²) in [5, 5.41) is 14.5. The zero-order valence-corrected chi connectivity index (χ0v) is 11.9. The monoisotopic (exact) mass is 258 g/mol. The molecule has 0 rings (SSSR count). The molecule has 1 unspecified atom stereocenters. The van der Waals surface area contributed by atoms with Crippen molar-refractivity contribution in [3.05, 3.63) is 0 Å². The highest BCUT2D eigenvalue weighted by molar-refractivity contribution is 6.06. The maximum absolute atomic E-state index is 12.1. The molecule has 0 aromatic carbocycles. The number of likely N-dealkylation sites (N-methyl/N-ethyl adjacent to an activating group) is 1. The summed E-state index contributed by atoms with van der Waals surface area (Å²) in [6.07, 6.45) is 0.486. The first-order chi connectivity index (χ1) is 8.46. The summed E-state index contributed by atoms with van der Waals surface area (Å²) in [7, 11) is 0. The highest BCUT2D eigenvalue weighted by atomic mass is 16.4. The molecule has 0 fully saturated rings. The third-order valence-electron chi connectivity index (χ3n) is 3.49. The van der Waals surface area contributed by atoms with Gasteiger partial charge in [0, 0.05) is 13.1 Å². The molecule has 0 heterocycles. The van der Waals surface area contributed by atoms with Gasteiger partial charge in [-0.25, -0.2) is 0 Å². The molecule has 6 nitrogen and oxygen atoms in total. The molecule has 4 N–H and O–H groups in total. The largest absolute Gasteiger partial charge is 0.409 e. The molecule has 0 aromatic rings. The van der Waals surface area contributed by atoms with Crippen molar-refractivity contribution in [2.45, 2.75) is 34.1 Å². The first-order valence-electron chi connectivity index (χ1n) is 6.44. The van der Waals surface area contributed by atoms with E-state index in [2.05, 4.69) is 29.2 Å². The quantitative estimate of drug-likeness (QED) is 0.257. The van der Waals surface area contributed by atoms with Crippen molar-refractivity contribution in [3.8, 4) is 0 Å². The molecule has 0 aliphatic carbocycles. The first kappa shape index (κ1) is 16.7. The van der Waals surface area contributed by atoms with Gasteiger partial charge in [0.2, 0.25) is 5.91 Å². The lowest BCUT2D eigenvalue weighted by Crippen LogP contribution is -2.49. The molecule has 0 radical (unpaired) electrons. The summed E-state index contributed by atoms with van der Waals surface area (Å²) in [5.74, 6) is -0.252. The summed E-state index contributed by atoms with van der Waals surface area (Å²) < 4.78 is 0. The van der Waals surface area contributed by atoms with Crippen LogP contribution >= 0.6 is 0 Å². The van der Waals surface area contributed by atoms with Crippen molar-refractivity contribution in [3.63, 3.8) is 0 Å². The normalized spacial score (nSPS) is 15.5. The molecule has 0 aliphatic heterocycles. The van der Waals surface area contributed by atoms with E-state index in [1.807, 2.05) is 6.92 Å². The fraction of sp³-hybridized carbons (Fsp3) is 0.833. The molecule has 6 heteroatoms. The average Bonchev–Trinajstić information content (AvgIpc) is 2.41. The van der Waals surface area contributed by atoms with Crippen LogP contribution in [0.4, 0.5) is 0 Å². The summed E-state index contributed by atoms with van der Waals surface area (Å²) in [6.45, 7) is 10.9. The second kappa shape index (κ2) is 7.92. The Morgan fingerprint density at radius 1 is 1.39 bits per heavy atom. The maximum Gasteiger partial charge on any atom is 0.233 e. The van der Waals surface area contributed by atoms with Gasteiger partial charge in [-0.2, -0.15) is 0 Å². The minimum atomic E-state index is -0.946. The van der Waals surface area contributed by atoms with Crippen molar-refractivity contribution in [2.75, 3.05) is 26.2 Å². The van der Waals surface area contributed by atoms with Crippen LogP contribution < -0.4 is 11.1 Å². The maximum atomic E-state index is 12.1. The summed E-state index contributed by atoms with van der Waals surface area (Å²) in [6, 6.07) is 0. The smallest absolute Gasteiger partial charge is 0.233 e. The van der Waals surface area contributed by atoms with Gasteiger partial charge in [0.15, 0.2) is 5.84 Å². The second-order valence-corrected chi connectivity index (χ2v) is 4.45. The van der Waals surface area contributed by atoms with Crippen molar-refractivity contribution in [1.82, 2.24) is 10.2 Å². The van der Waals surface area contributed by atoms with E-state index in [0.717, 1.165) is 19.6 Å². The van der Waals surface area contributed by atoms with E-state index >= 15 is 0 Å². The number of nitrogens with one attached hydrogen (secondary N) is 1. The van der Waals surface area contributed by atoms with E-state index in [9.17, 15) is 4.79 Å². The van der Waals surface area contributed by atoms with Crippen LogP contribution in [0.2, 0.25) is 0 Å². The minimum Gasteiger partial charge on any atom is -0.409 e. The van der Waals surface area contributed by atoms with Gasteiger partial charge in [-0.15, -0.1) is 0 Å². The highest BCUT2D eigenvalue weighted by Gasteiger charge is 2.36. The van der Waals surface area contributed by atoms with Crippen molar-refractivity contribution < 1.29 is 10.0 Å². The van der Waals surface area contributed by atoms with Crippen LogP contribution in [0.1, 0.15) is 34.1 Å². The van der Waals surface area contributed by atoms with E-state index in [-0.39, 0.29) is 11.7 Å². The Morgan fingerprint density at radius 2 is 1.94 bits per heavy atom. The number of hydrogen-bond acceptors (Lipinski definition) is 4. The van der Waals surface area contributed by atoms with Crippen LogP contribution in [0, 0.1) is 5.41 Å². The lowest BCUT2D eigenvalue weighted by atomic mass is 9.85. The molecule has 0 saturated heterocycles. The van der Waals surface area contributed by atoms with Crippen LogP contribution in [-0.4, -0.2) is 48.0 Å². The molecule has 0 aliphatic rings. The molecular formula is C12H26N4O2. The predicted molar refractivity (Wildman–Crippen MR) is 72.6 cm³/mol. The van der Waals surface area contributed by atoms with Gasteiger partial charge >= 0.3 is 0 Å². The Labute approximate surface area is 109 Å². The third-order valence-corrected chi connectivity index (χ3v) is 3.49. The summed E-state index contributed by atoms with van der Waals surface area (Å²) in [4.78, 5) is 14.3. The summed E-state index contributed by atoms with van der Waals surface area (Å²) >= 11 is 0. The highest BCUT2D eigenvalue weighted by Crippen LogP contribution is 2.21. The SMILES string of the molecule is CCN(CC)CCNC(=O)C(C)(CC)C(N)=NO. The Bertz CT molecular complexity index is 290. The number of carbonyl (C=O) groups excluding carboxylic acids is 1. The Balaban J connectivity index is 4.39. The van der Waals surface area contributed by atoms with Crippen LogP contribution in [0.3, 0.4) is 0 Å². The number of carbonyl (C=O) groups is 1. The van der Waals surface area contributed by atoms with Crippen LogP contribution in [0.5, 0.6) is 0 Å². The zero-order valence-electron chi connectivity index (χ0n) is 11.9. The second-order valence-electron chi connectivity index (χ2n) is 4.45. The first-order valence-corrected chi connectivity index (χ1v) is 6.44. The lowest BCUT2D eigenvalue weighted by Gasteiger charge is -2.26. The van der Waals surface area contributed by atoms with E-state index < -0.39 is 5.41 Å². The van der Waals surface area contributed by atoms with E-state index in [0.29, 0.717) is 13.0 Å². The molecule has 18 heavy (non-hydrogen) atoms. The van der Waals surface area contributed by atoms with Crippen molar-refractivity contribution in [1.29, 1.82) is 0 Å². The van der Waals surface area contributed by atoms with Crippen LogP contribution in [0.15, 0.2) is 5.16 Å². The minimum absolute atomic E-state index is 0.0506. The fourth-order valence-corrected chi connectivity index (χ4v) is 1.63. The number of nitrogens with zero attached hydrogens (tertiary/aromatic N) is 2. The molecule has 1 amide bonds. The number of amidine groups is 1. The van der Waals surface area contributed by atoms with Crippen LogP contribution in [0.25, 0.3) is 0 Å². The zero-order chi connectivity index (χ0) is 14.2. The Kier molecular flexibility index (Phi) is 7.35. The van der Waals surface area contributed by atoms with E-state index in [4.69, 9.17) is 10.9 Å². The van der Waals surface area contributed by atoms with Crippen molar-refractivity contribution in [2.24, 2.45) is 16.3 Å². The number of nitrogens with two attached hydrogens (primary N) is 1. The van der Waals surface area contributed by atoms with E-state index in [1.54, 1.807) is 6.92 Å². The van der Waals surface area contributed by atoms with E-state index in [1.165, 1.54) is 0 Å². The Morgan fingerprint density at radius 3 is 2.33 bits per heavy atom. The third kappa shape index (κ3) is 4.18. The van der Waals surface area contributed by atoms with Gasteiger partial charge in [0.1, 0.15) is 5.41 Å². The topological polar surface area (TPSA) is 91.0 Å². The van der Waals surface area contributed by atoms with Crippen LogP contribution in [-0.2, 0) is 4.79 Å². The van der Waals surface area contributed by atoms with Gasteiger partial charge in [-0.1, -0.05) is 25.9 Å². The molecule has 1 atom stereocenters. The summed E-state index contributed by atoms with van der Waals surface area (Å²) in [5.41, 5.74) is 4.63. The predicted octanol–water partition coefficient (Wildman–Crippen LogP) is 0.607. The molecule has 0 aromatic heterocycles. The molecule has 0 saturated carbocycles. The fourth-order valence-electron chi connectivity index (χ4n) is 1.63. The number of hydrogen-bond donors (Lipinski definition) is 3. The van der Waals surface area contributed by atoms with Gasteiger partial charge in [0.05, 0.1) is 0 Å². The molecular weight excluding hydrogens is 232 g/mol. The lowest BCUT2D eigenvalue weighted by molar-refractivity contribution is -0.127. The van der Waals surface area contributed by atoms with Gasteiger partial charge in [-0.05, 0) is 26.4 Å². The number of rotatable bonds is 8. The molecule has 0 bridgehead atoms. The Hall–Kier alpha value is -1.30. The number of oxime groups is 1. The molecule has 106 valence electrons. The van der Waals surface area contributed by atoms with Gasteiger partial charge in [-0.3, -0.25) is 4.79 Å². The van der Waals surface area contributed by atoms with Gasteiger partial charge < -0.3 is 21.2 Å². The standard InChI is InChI=1S/C12H26N4O2/c1-5-12(4,10(13)15-18)11(17)14-8-9-16(6-2)7-3/h18H,5-9H2,1-4H3,(H2,13,15)(H,14,17). The van der Waals surface area contributed by atoms with Crippen molar-refractivity contribution >= 4 is 11.7 Å². The number of amides is 1.